The first kappa shape index (κ1) is 14.8. The van der Waals surface area contributed by atoms with Crippen LogP contribution in [0.5, 0.6) is 0 Å². The SMILES string of the molecule is Cn1nccc1C1CCCCN1c1nccc(C(F)(F)F)n1. The zero-order valence-corrected chi connectivity index (χ0v) is 12.1. The molecule has 0 aromatic carbocycles. The van der Waals surface area contributed by atoms with Crippen LogP contribution in [-0.2, 0) is 13.2 Å². The van der Waals surface area contributed by atoms with E-state index in [0.717, 1.165) is 31.0 Å². The van der Waals surface area contributed by atoms with Crippen molar-refractivity contribution < 1.29 is 13.2 Å². The first-order valence-electron chi connectivity index (χ1n) is 7.11. The van der Waals surface area contributed by atoms with Gasteiger partial charge >= 0.3 is 6.18 Å². The number of anilines is 1. The largest absolute Gasteiger partial charge is 0.433 e. The second-order valence-electron chi connectivity index (χ2n) is 5.32. The fraction of sp³-hybridized carbons (Fsp3) is 0.500. The lowest BCUT2D eigenvalue weighted by Crippen LogP contribution is -2.36. The Morgan fingerprint density at radius 2 is 2.00 bits per heavy atom. The second kappa shape index (κ2) is 5.58. The van der Waals surface area contributed by atoms with Crippen LogP contribution in [0.15, 0.2) is 24.5 Å². The van der Waals surface area contributed by atoms with Crippen molar-refractivity contribution in [3.8, 4) is 0 Å². The third-order valence-electron chi connectivity index (χ3n) is 3.89. The van der Waals surface area contributed by atoms with E-state index in [-0.39, 0.29) is 12.0 Å². The van der Waals surface area contributed by atoms with E-state index in [1.165, 1.54) is 6.20 Å². The molecule has 5 nitrogen and oxygen atoms in total. The third kappa shape index (κ3) is 2.77. The molecule has 22 heavy (non-hydrogen) atoms. The maximum absolute atomic E-state index is 12.8. The van der Waals surface area contributed by atoms with E-state index in [4.69, 9.17) is 0 Å². The van der Waals surface area contributed by atoms with Gasteiger partial charge in [0.1, 0.15) is 5.69 Å². The molecule has 118 valence electrons. The van der Waals surface area contributed by atoms with E-state index in [0.29, 0.717) is 6.54 Å². The van der Waals surface area contributed by atoms with Gasteiger partial charge in [-0.05, 0) is 31.4 Å². The Balaban J connectivity index is 1.96. The molecular formula is C14H16F3N5. The van der Waals surface area contributed by atoms with E-state index in [2.05, 4.69) is 15.1 Å². The molecule has 0 N–H and O–H groups in total. The maximum Gasteiger partial charge on any atom is 0.433 e. The van der Waals surface area contributed by atoms with E-state index >= 15 is 0 Å². The van der Waals surface area contributed by atoms with Crippen molar-refractivity contribution in [3.63, 3.8) is 0 Å². The van der Waals surface area contributed by atoms with Crippen LogP contribution >= 0.6 is 0 Å². The second-order valence-corrected chi connectivity index (χ2v) is 5.32. The van der Waals surface area contributed by atoms with Gasteiger partial charge in [0.25, 0.3) is 0 Å². The van der Waals surface area contributed by atoms with Gasteiger partial charge in [0, 0.05) is 26.0 Å². The lowest BCUT2D eigenvalue weighted by atomic mass is 10.00. The minimum absolute atomic E-state index is 0.0512. The molecule has 0 spiro atoms. The van der Waals surface area contributed by atoms with Crippen molar-refractivity contribution in [1.82, 2.24) is 19.7 Å². The molecule has 1 saturated heterocycles. The van der Waals surface area contributed by atoms with Gasteiger partial charge in [-0.1, -0.05) is 0 Å². The van der Waals surface area contributed by atoms with Crippen LogP contribution in [0.3, 0.4) is 0 Å². The van der Waals surface area contributed by atoms with E-state index < -0.39 is 11.9 Å². The number of hydrogen-bond donors (Lipinski definition) is 0. The Morgan fingerprint density at radius 3 is 2.68 bits per heavy atom. The molecule has 1 fully saturated rings. The highest BCUT2D eigenvalue weighted by atomic mass is 19.4. The molecule has 2 aromatic heterocycles. The molecule has 8 heteroatoms. The fourth-order valence-electron chi connectivity index (χ4n) is 2.83. The molecule has 0 radical (unpaired) electrons. The van der Waals surface area contributed by atoms with Crippen LogP contribution in [0.4, 0.5) is 19.1 Å². The van der Waals surface area contributed by atoms with Crippen molar-refractivity contribution >= 4 is 5.95 Å². The number of aromatic nitrogens is 4. The van der Waals surface area contributed by atoms with Crippen molar-refractivity contribution in [3.05, 3.63) is 35.9 Å². The molecule has 3 heterocycles. The van der Waals surface area contributed by atoms with E-state index in [1.54, 1.807) is 10.9 Å². The summed E-state index contributed by atoms with van der Waals surface area (Å²) in [6.45, 7) is 0.636. The Kier molecular flexibility index (Phi) is 3.76. The monoisotopic (exact) mass is 311 g/mol. The van der Waals surface area contributed by atoms with Crippen molar-refractivity contribution in [1.29, 1.82) is 0 Å². The summed E-state index contributed by atoms with van der Waals surface area (Å²) in [5, 5.41) is 4.15. The van der Waals surface area contributed by atoms with Crippen molar-refractivity contribution in [2.45, 2.75) is 31.5 Å². The zero-order valence-electron chi connectivity index (χ0n) is 12.1. The Morgan fingerprint density at radius 1 is 1.18 bits per heavy atom. The van der Waals surface area contributed by atoms with Gasteiger partial charge in [-0.15, -0.1) is 0 Å². The maximum atomic E-state index is 12.8. The predicted molar refractivity (Wildman–Crippen MR) is 74.2 cm³/mol. The number of halogens is 3. The minimum Gasteiger partial charge on any atom is -0.332 e. The fourth-order valence-corrected chi connectivity index (χ4v) is 2.83. The lowest BCUT2D eigenvalue weighted by molar-refractivity contribution is -0.141. The van der Waals surface area contributed by atoms with Crippen LogP contribution in [0.1, 0.15) is 36.7 Å². The van der Waals surface area contributed by atoms with Crippen molar-refractivity contribution in [2.24, 2.45) is 7.05 Å². The summed E-state index contributed by atoms with van der Waals surface area (Å²) in [6.07, 6.45) is 1.17. The highest BCUT2D eigenvalue weighted by molar-refractivity contribution is 5.36. The summed E-state index contributed by atoms with van der Waals surface area (Å²) in [7, 11) is 1.83. The molecule has 0 aliphatic carbocycles. The molecule has 1 unspecified atom stereocenters. The first-order valence-corrected chi connectivity index (χ1v) is 7.11. The standard InChI is InChI=1S/C14H16F3N5/c1-21-10(5-8-19-21)11-4-2-3-9-22(11)13-18-7-6-12(20-13)14(15,16)17/h5-8,11H,2-4,9H2,1H3. The number of aryl methyl sites for hydroxylation is 1. The van der Waals surface area contributed by atoms with Crippen LogP contribution < -0.4 is 4.90 Å². The molecule has 0 amide bonds. The van der Waals surface area contributed by atoms with Crippen molar-refractivity contribution in [2.75, 3.05) is 11.4 Å². The average Bonchev–Trinajstić information content (AvgIpc) is 2.92. The molecule has 1 aliphatic heterocycles. The van der Waals surface area contributed by atoms with Crippen LogP contribution in [-0.4, -0.2) is 26.3 Å². The number of hydrogen-bond acceptors (Lipinski definition) is 4. The number of alkyl halides is 3. The zero-order chi connectivity index (χ0) is 15.7. The van der Waals surface area contributed by atoms with Gasteiger partial charge in [0.2, 0.25) is 5.95 Å². The van der Waals surface area contributed by atoms with Gasteiger partial charge in [-0.3, -0.25) is 4.68 Å². The summed E-state index contributed by atoms with van der Waals surface area (Å²) in [5.74, 6) is 0.126. The lowest BCUT2D eigenvalue weighted by Gasteiger charge is -2.35. The predicted octanol–water partition coefficient (Wildman–Crippen LogP) is 2.96. The summed E-state index contributed by atoms with van der Waals surface area (Å²) < 4.78 is 40.3. The average molecular weight is 311 g/mol. The topological polar surface area (TPSA) is 46.8 Å². The van der Waals surface area contributed by atoms with Gasteiger partial charge in [0.15, 0.2) is 0 Å². The highest BCUT2D eigenvalue weighted by Gasteiger charge is 2.34. The van der Waals surface area contributed by atoms with Gasteiger partial charge < -0.3 is 4.90 Å². The normalized spacial score (nSPS) is 19.5. The van der Waals surface area contributed by atoms with E-state index in [1.807, 2.05) is 18.0 Å². The Bertz CT molecular complexity index is 652. The first-order chi connectivity index (χ1) is 10.5. The molecule has 0 bridgehead atoms. The number of piperidine rings is 1. The molecule has 0 saturated carbocycles. The van der Waals surface area contributed by atoms with Gasteiger partial charge in [0.05, 0.1) is 11.7 Å². The molecule has 2 aromatic rings. The summed E-state index contributed by atoms with van der Waals surface area (Å²) in [5.41, 5.74) is 0.0486. The van der Waals surface area contributed by atoms with Gasteiger partial charge in [-0.2, -0.15) is 18.3 Å². The van der Waals surface area contributed by atoms with E-state index in [9.17, 15) is 13.2 Å². The van der Waals surface area contributed by atoms with Crippen LogP contribution in [0.25, 0.3) is 0 Å². The van der Waals surface area contributed by atoms with Crippen LogP contribution in [0.2, 0.25) is 0 Å². The number of rotatable bonds is 2. The molecular weight excluding hydrogens is 295 g/mol. The Labute approximate surface area is 125 Å². The smallest absolute Gasteiger partial charge is 0.332 e. The third-order valence-corrected chi connectivity index (χ3v) is 3.89. The summed E-state index contributed by atoms with van der Waals surface area (Å²) in [4.78, 5) is 9.61. The van der Waals surface area contributed by atoms with Gasteiger partial charge in [-0.25, -0.2) is 9.97 Å². The summed E-state index contributed by atoms with van der Waals surface area (Å²) in [6, 6.07) is 2.73. The molecule has 1 aliphatic rings. The molecule has 1 atom stereocenters. The number of nitrogens with zero attached hydrogens (tertiary/aromatic N) is 5. The quantitative estimate of drug-likeness (QED) is 0.855. The summed E-state index contributed by atoms with van der Waals surface area (Å²) >= 11 is 0. The Hall–Kier alpha value is -2.12. The van der Waals surface area contributed by atoms with Crippen LogP contribution in [0, 0.1) is 0 Å². The molecule has 3 rings (SSSR count). The highest BCUT2D eigenvalue weighted by Crippen LogP contribution is 2.34. The minimum atomic E-state index is -4.46.